The number of esters is 3. The molecule has 0 aromatic heterocycles. The van der Waals surface area contributed by atoms with Crippen LogP contribution >= 0.6 is 0 Å². The van der Waals surface area contributed by atoms with Crippen molar-refractivity contribution in [3.05, 3.63) is 158 Å². The van der Waals surface area contributed by atoms with Gasteiger partial charge in [0.25, 0.3) is 0 Å². The van der Waals surface area contributed by atoms with E-state index in [-0.39, 0.29) is 37.5 Å². The van der Waals surface area contributed by atoms with Crippen molar-refractivity contribution in [1.29, 1.82) is 0 Å². The summed E-state index contributed by atoms with van der Waals surface area (Å²) < 4.78 is 16.9. The second-order valence-electron chi connectivity index (χ2n) is 22.0. The average molecular weight is 1150 g/mol. The van der Waals surface area contributed by atoms with E-state index in [1.807, 2.05) is 0 Å². The van der Waals surface area contributed by atoms with E-state index in [9.17, 15) is 14.4 Å². The second kappa shape index (κ2) is 69.5. The summed E-state index contributed by atoms with van der Waals surface area (Å²) in [6, 6.07) is 0. The van der Waals surface area contributed by atoms with Crippen molar-refractivity contribution in [2.45, 2.75) is 297 Å². The molecule has 0 aromatic carbocycles. The lowest BCUT2D eigenvalue weighted by molar-refractivity contribution is -0.167. The van der Waals surface area contributed by atoms with Gasteiger partial charge >= 0.3 is 17.9 Å². The Hall–Kier alpha value is -4.97. The van der Waals surface area contributed by atoms with Gasteiger partial charge in [0.15, 0.2) is 6.10 Å². The summed E-state index contributed by atoms with van der Waals surface area (Å²) >= 11 is 0. The van der Waals surface area contributed by atoms with Gasteiger partial charge in [0, 0.05) is 19.3 Å². The van der Waals surface area contributed by atoms with Crippen LogP contribution in [0.1, 0.15) is 290 Å². The predicted octanol–water partition coefficient (Wildman–Crippen LogP) is 23.7. The number of carbonyl (C=O) groups is 3. The fraction of sp³-hybridized carbons (Fsp3) is 0.623. The number of allylic oxidation sites excluding steroid dienone is 26. The molecule has 83 heavy (non-hydrogen) atoms. The van der Waals surface area contributed by atoms with Crippen LogP contribution in [0.4, 0.5) is 0 Å². The SMILES string of the molecule is CC/C=C\C/C=C\C/C=C\C/C=C\C/C=C\C/C=C\C/C=C\CCCCCCCCCCCC(=O)OCC(COC(=O)CCCCCCC/C=C\CCCCCCCC)OC(=O)CCCCC/C=C\C/C=C\C/C=C\C/C=C\C/C=C\CC. The summed E-state index contributed by atoms with van der Waals surface area (Å²) in [5.74, 6) is -0.948. The lowest BCUT2D eigenvalue weighted by Crippen LogP contribution is -2.30. The van der Waals surface area contributed by atoms with Crippen molar-refractivity contribution in [2.24, 2.45) is 0 Å². The maximum absolute atomic E-state index is 12.9. The average Bonchev–Trinajstić information content (AvgIpc) is 3.49. The monoisotopic (exact) mass is 1140 g/mol. The van der Waals surface area contributed by atoms with Gasteiger partial charge in [-0.2, -0.15) is 0 Å². The molecule has 6 nitrogen and oxygen atoms in total. The molecule has 0 N–H and O–H groups in total. The van der Waals surface area contributed by atoms with E-state index in [0.717, 1.165) is 161 Å². The zero-order valence-electron chi connectivity index (χ0n) is 53.7. The molecule has 0 bridgehead atoms. The molecule has 0 rings (SSSR count). The van der Waals surface area contributed by atoms with E-state index in [1.165, 1.54) is 89.9 Å². The Balaban J connectivity index is 4.39. The van der Waals surface area contributed by atoms with Crippen LogP contribution in [-0.4, -0.2) is 37.2 Å². The Morgan fingerprint density at radius 3 is 0.759 bits per heavy atom. The summed E-state index contributed by atoms with van der Waals surface area (Å²) in [5.41, 5.74) is 0. The largest absolute Gasteiger partial charge is 0.462 e. The topological polar surface area (TPSA) is 78.9 Å². The van der Waals surface area contributed by atoms with Crippen molar-refractivity contribution in [3.8, 4) is 0 Å². The standard InChI is InChI=1S/C77H124O6/c1-4-7-10-13-16-19-22-25-28-30-32-33-34-35-36-37-38-39-40-41-42-43-45-46-49-52-55-58-61-64-67-70-76(79)82-73-74(72-81-75(78)69-66-63-60-57-54-51-48-27-24-21-18-15-12-9-6-3)83-77(80)71-68-65-62-59-56-53-50-47-44-31-29-26-23-20-17-14-11-8-5-2/h7-8,10-11,16-17,19-20,25-29,32-33,35-36,38-39,41-42,44,47-48,53,56,74H,4-6,9,12-15,18,21-24,30-31,34,37,40,43,45-46,49-52,54-55,57-73H2,1-3H3/b10-7-,11-8-,19-16-,20-17-,28-25-,29-26-,33-32-,36-35-,39-38-,42-41-,47-44-,48-27-,56-53-. The van der Waals surface area contributed by atoms with Crippen LogP contribution in [0.25, 0.3) is 0 Å². The quantitative estimate of drug-likeness (QED) is 0.0261. The first kappa shape index (κ1) is 78.0. The minimum absolute atomic E-state index is 0.102. The van der Waals surface area contributed by atoms with E-state index in [1.54, 1.807) is 0 Å². The number of hydrogen-bond acceptors (Lipinski definition) is 6. The Morgan fingerprint density at radius 1 is 0.253 bits per heavy atom. The van der Waals surface area contributed by atoms with Gasteiger partial charge in [0.05, 0.1) is 0 Å². The number of hydrogen-bond donors (Lipinski definition) is 0. The molecule has 0 radical (unpaired) electrons. The summed E-state index contributed by atoms with van der Waals surface area (Å²) in [5, 5.41) is 0. The normalized spacial score (nSPS) is 13.1. The number of unbranched alkanes of at least 4 members (excludes halogenated alkanes) is 23. The molecule has 1 unspecified atom stereocenters. The lowest BCUT2D eigenvalue weighted by atomic mass is 10.1. The maximum Gasteiger partial charge on any atom is 0.306 e. The van der Waals surface area contributed by atoms with E-state index >= 15 is 0 Å². The summed E-state index contributed by atoms with van der Waals surface area (Å²) in [7, 11) is 0. The fourth-order valence-electron chi connectivity index (χ4n) is 8.97. The van der Waals surface area contributed by atoms with E-state index in [0.29, 0.717) is 12.8 Å². The predicted molar refractivity (Wildman–Crippen MR) is 362 cm³/mol. The van der Waals surface area contributed by atoms with Gasteiger partial charge in [0.1, 0.15) is 13.2 Å². The summed E-state index contributed by atoms with van der Waals surface area (Å²) in [4.78, 5) is 38.4. The third kappa shape index (κ3) is 67.7. The van der Waals surface area contributed by atoms with Crippen LogP contribution in [0.2, 0.25) is 0 Å². The molecule has 0 amide bonds. The molecule has 0 heterocycles. The zero-order valence-corrected chi connectivity index (χ0v) is 53.7. The number of carbonyl (C=O) groups excluding carboxylic acids is 3. The summed E-state index contributed by atoms with van der Waals surface area (Å²) in [6.45, 7) is 6.37. The summed E-state index contributed by atoms with van der Waals surface area (Å²) in [6.07, 6.45) is 101. The molecule has 468 valence electrons. The van der Waals surface area contributed by atoms with Crippen molar-refractivity contribution in [1.82, 2.24) is 0 Å². The minimum Gasteiger partial charge on any atom is -0.462 e. The molecule has 1 atom stereocenters. The van der Waals surface area contributed by atoms with Gasteiger partial charge in [-0.25, -0.2) is 0 Å². The third-order valence-corrected chi connectivity index (χ3v) is 14.0. The van der Waals surface area contributed by atoms with Gasteiger partial charge in [0.2, 0.25) is 0 Å². The molecule has 0 saturated carbocycles. The molecule has 0 saturated heterocycles. The van der Waals surface area contributed by atoms with Crippen LogP contribution in [0.3, 0.4) is 0 Å². The van der Waals surface area contributed by atoms with Crippen molar-refractivity contribution >= 4 is 17.9 Å². The Morgan fingerprint density at radius 2 is 0.470 bits per heavy atom. The molecule has 0 aliphatic carbocycles. The highest BCUT2D eigenvalue weighted by Crippen LogP contribution is 2.15. The Bertz CT molecular complexity index is 1840. The molecule has 0 spiro atoms. The smallest absolute Gasteiger partial charge is 0.306 e. The third-order valence-electron chi connectivity index (χ3n) is 14.0. The molecule has 6 heteroatoms. The first-order valence-corrected chi connectivity index (χ1v) is 34.0. The van der Waals surface area contributed by atoms with E-state index in [4.69, 9.17) is 14.2 Å². The molecule has 0 aliphatic rings. The van der Waals surface area contributed by atoms with Crippen LogP contribution in [0.15, 0.2) is 158 Å². The Kier molecular flexibility index (Phi) is 65.4. The van der Waals surface area contributed by atoms with Gasteiger partial charge in [-0.05, 0) is 148 Å². The van der Waals surface area contributed by atoms with Gasteiger partial charge in [-0.15, -0.1) is 0 Å². The van der Waals surface area contributed by atoms with Crippen molar-refractivity contribution in [2.75, 3.05) is 13.2 Å². The number of ether oxygens (including phenoxy) is 3. The van der Waals surface area contributed by atoms with E-state index < -0.39 is 6.10 Å². The van der Waals surface area contributed by atoms with Crippen molar-refractivity contribution in [3.63, 3.8) is 0 Å². The van der Waals surface area contributed by atoms with Crippen LogP contribution in [-0.2, 0) is 28.6 Å². The zero-order chi connectivity index (χ0) is 59.9. The van der Waals surface area contributed by atoms with Crippen LogP contribution < -0.4 is 0 Å². The van der Waals surface area contributed by atoms with Crippen molar-refractivity contribution < 1.29 is 28.6 Å². The molecule has 0 aromatic rings. The maximum atomic E-state index is 12.9. The lowest BCUT2D eigenvalue weighted by Gasteiger charge is -2.18. The molecule has 0 fully saturated rings. The first-order valence-electron chi connectivity index (χ1n) is 34.0. The Labute approximate surface area is 511 Å². The van der Waals surface area contributed by atoms with Gasteiger partial charge in [-0.1, -0.05) is 281 Å². The fourth-order valence-corrected chi connectivity index (χ4v) is 8.97. The van der Waals surface area contributed by atoms with E-state index in [2.05, 4.69) is 179 Å². The highest BCUT2D eigenvalue weighted by molar-refractivity contribution is 5.71. The molecule has 0 aliphatic heterocycles. The highest BCUT2D eigenvalue weighted by Gasteiger charge is 2.19. The second-order valence-corrected chi connectivity index (χ2v) is 22.0. The minimum atomic E-state index is -0.810. The van der Waals surface area contributed by atoms with Crippen LogP contribution in [0, 0.1) is 0 Å². The molecular formula is C77H124O6. The molecular weight excluding hydrogens is 1020 g/mol. The first-order chi connectivity index (χ1) is 41.0. The number of rotatable bonds is 60. The van der Waals surface area contributed by atoms with Gasteiger partial charge in [-0.3, -0.25) is 14.4 Å². The van der Waals surface area contributed by atoms with Crippen LogP contribution in [0.5, 0.6) is 0 Å². The highest BCUT2D eigenvalue weighted by atomic mass is 16.6. The van der Waals surface area contributed by atoms with Gasteiger partial charge < -0.3 is 14.2 Å².